The van der Waals surface area contributed by atoms with Crippen molar-refractivity contribution in [3.63, 3.8) is 0 Å². The fraction of sp³-hybridized carbons (Fsp3) is 0.750. The number of aliphatic imine (C=N–C) groups is 1. The molecule has 1 aliphatic heterocycles. The average Bonchev–Trinajstić information content (AvgIpc) is 2.46. The first kappa shape index (κ1) is 18.0. The molecule has 1 aliphatic rings. The van der Waals surface area contributed by atoms with E-state index < -0.39 is 0 Å². The Kier molecular flexibility index (Phi) is 20.5. The second-order valence-electron chi connectivity index (χ2n) is 1.87. The average molecular weight is 335 g/mol. The largest absolute Gasteiger partial charge is 0.541 e. The molecule has 67 valence electrons. The van der Waals surface area contributed by atoms with Crippen molar-refractivity contribution in [3.05, 3.63) is 0 Å². The van der Waals surface area contributed by atoms with Crippen molar-refractivity contribution in [1.82, 2.24) is 0 Å². The molecule has 0 atom stereocenters. The van der Waals surface area contributed by atoms with Crippen LogP contribution in [0.1, 0.15) is 33.1 Å². The minimum absolute atomic E-state index is 0. The van der Waals surface area contributed by atoms with Crippen LogP contribution in [0.5, 0.6) is 0 Å². The van der Waals surface area contributed by atoms with Gasteiger partial charge in [-0.05, 0) is 18.6 Å². The first-order chi connectivity index (χ1) is 4.93. The van der Waals surface area contributed by atoms with Crippen molar-refractivity contribution < 1.29 is 25.9 Å². The zero-order valence-corrected chi connectivity index (χ0v) is 10.6. The molecule has 3 radical (unpaired) electrons. The standard InChI is InChI=1S/C6H8NO.C2H6.B.W/c8-5-3-6-2-1-4-7-6;1-2;;/h1-4H2;1-2H3;;/q-1;;;. The van der Waals surface area contributed by atoms with Crippen molar-refractivity contribution in [2.24, 2.45) is 4.99 Å². The van der Waals surface area contributed by atoms with E-state index in [2.05, 4.69) is 4.99 Å². The molecule has 1 heterocycles. The van der Waals surface area contributed by atoms with E-state index in [-0.39, 0.29) is 29.5 Å². The van der Waals surface area contributed by atoms with Gasteiger partial charge in [0, 0.05) is 36.0 Å². The minimum atomic E-state index is 0. The third kappa shape index (κ3) is 8.19. The Labute approximate surface area is 91.1 Å². The number of hydrogen-bond acceptors (Lipinski definition) is 2. The second-order valence-corrected chi connectivity index (χ2v) is 1.87. The molecule has 4 heteroatoms. The van der Waals surface area contributed by atoms with Gasteiger partial charge in [-0.25, -0.2) is 0 Å². The predicted molar refractivity (Wildman–Crippen MR) is 48.9 cm³/mol. The Morgan fingerprint density at radius 1 is 1.50 bits per heavy atom. The fourth-order valence-electron chi connectivity index (χ4n) is 0.827. The van der Waals surface area contributed by atoms with Crippen LogP contribution in [-0.2, 0) is 25.9 Å². The van der Waals surface area contributed by atoms with Crippen LogP contribution in [-0.4, -0.2) is 27.0 Å². The van der Waals surface area contributed by atoms with E-state index in [9.17, 15) is 4.79 Å². The van der Waals surface area contributed by atoms with Crippen LogP contribution in [0.3, 0.4) is 0 Å². The maximum atomic E-state index is 9.76. The zero-order valence-electron chi connectivity index (χ0n) is 7.67. The van der Waals surface area contributed by atoms with Gasteiger partial charge in [-0.3, -0.25) is 11.3 Å². The van der Waals surface area contributed by atoms with Crippen molar-refractivity contribution in [1.29, 1.82) is 0 Å². The quantitative estimate of drug-likeness (QED) is 0.554. The summed E-state index contributed by atoms with van der Waals surface area (Å²) >= 11 is 0. The molecular weight excluding hydrogens is 321 g/mol. The minimum Gasteiger partial charge on any atom is -0.541 e. The predicted octanol–water partition coefficient (Wildman–Crippen LogP) is 1.36. The summed E-state index contributed by atoms with van der Waals surface area (Å²) in [7, 11) is 0. The van der Waals surface area contributed by atoms with Crippen LogP contribution in [0.25, 0.3) is 0 Å². The van der Waals surface area contributed by atoms with Gasteiger partial charge in [0.2, 0.25) is 0 Å². The topological polar surface area (TPSA) is 29.4 Å². The van der Waals surface area contributed by atoms with Crippen LogP contribution >= 0.6 is 0 Å². The molecule has 0 aromatic carbocycles. The number of rotatable bonds is 2. The molecule has 0 bridgehead atoms. The number of nitrogens with zero attached hydrogens (tertiary/aromatic N) is 1. The van der Waals surface area contributed by atoms with Crippen molar-refractivity contribution in [2.45, 2.75) is 33.1 Å². The third-order valence-electron chi connectivity index (χ3n) is 1.24. The van der Waals surface area contributed by atoms with Gasteiger partial charge in [0.25, 0.3) is 0 Å². The van der Waals surface area contributed by atoms with E-state index in [0.717, 1.165) is 25.1 Å². The van der Waals surface area contributed by atoms with E-state index >= 15 is 0 Å². The SMILES string of the molecule is CC.O=[C-]CC1=NCCC1.[B].[W]. The number of carbonyl (C=O) groups excluding carboxylic acids is 1. The van der Waals surface area contributed by atoms with E-state index in [4.69, 9.17) is 0 Å². The first-order valence-electron chi connectivity index (χ1n) is 3.80. The van der Waals surface area contributed by atoms with Gasteiger partial charge in [-0.15, -0.1) is 6.42 Å². The van der Waals surface area contributed by atoms with E-state index in [1.54, 1.807) is 0 Å². The summed E-state index contributed by atoms with van der Waals surface area (Å²) in [5, 5.41) is 0. The summed E-state index contributed by atoms with van der Waals surface area (Å²) in [5.41, 5.74) is 1.03. The maximum absolute atomic E-state index is 9.76. The van der Waals surface area contributed by atoms with Gasteiger partial charge in [0.15, 0.2) is 0 Å². The van der Waals surface area contributed by atoms with Gasteiger partial charge in [-0.1, -0.05) is 13.8 Å². The van der Waals surface area contributed by atoms with E-state index in [1.165, 1.54) is 0 Å². The van der Waals surface area contributed by atoms with Gasteiger partial charge < -0.3 is 4.79 Å². The Morgan fingerprint density at radius 2 is 2.08 bits per heavy atom. The van der Waals surface area contributed by atoms with Gasteiger partial charge in [0.05, 0.1) is 0 Å². The zero-order chi connectivity index (χ0) is 7.82. The molecule has 1 rings (SSSR count). The smallest absolute Gasteiger partial charge is 0.0391 e. The van der Waals surface area contributed by atoms with E-state index in [0.29, 0.717) is 6.42 Å². The van der Waals surface area contributed by atoms with Crippen LogP contribution < -0.4 is 0 Å². The van der Waals surface area contributed by atoms with Crippen molar-refractivity contribution >= 4 is 20.4 Å². The molecule has 0 aromatic heterocycles. The maximum Gasteiger partial charge on any atom is 0.0391 e. The first-order valence-corrected chi connectivity index (χ1v) is 3.80. The normalized spacial score (nSPS) is 12.7. The Hall–Kier alpha value is 0.0932. The molecule has 12 heavy (non-hydrogen) atoms. The molecular formula is C8H14BNOW-. The Bertz CT molecular complexity index is 128. The molecule has 0 unspecified atom stereocenters. The number of hydrogen-bond donors (Lipinski definition) is 0. The van der Waals surface area contributed by atoms with Crippen LogP contribution in [0.2, 0.25) is 0 Å². The van der Waals surface area contributed by atoms with Gasteiger partial charge in [-0.2, -0.15) is 0 Å². The fourth-order valence-corrected chi connectivity index (χ4v) is 0.827. The summed E-state index contributed by atoms with van der Waals surface area (Å²) in [6.07, 6.45) is 4.39. The molecule has 0 saturated heterocycles. The second kappa shape index (κ2) is 13.7. The van der Waals surface area contributed by atoms with Crippen molar-refractivity contribution in [2.75, 3.05) is 6.54 Å². The summed E-state index contributed by atoms with van der Waals surface area (Å²) in [4.78, 5) is 13.8. The Balaban J connectivity index is -0.000000189. The van der Waals surface area contributed by atoms with E-state index in [1.807, 2.05) is 20.1 Å². The molecule has 0 N–H and O–H groups in total. The molecule has 0 aliphatic carbocycles. The van der Waals surface area contributed by atoms with Gasteiger partial charge in [0.1, 0.15) is 0 Å². The van der Waals surface area contributed by atoms with Crippen LogP contribution in [0, 0.1) is 0 Å². The molecule has 0 aromatic rings. The van der Waals surface area contributed by atoms with Gasteiger partial charge >= 0.3 is 0 Å². The van der Waals surface area contributed by atoms with Crippen LogP contribution in [0.4, 0.5) is 0 Å². The monoisotopic (exact) mass is 335 g/mol. The summed E-state index contributed by atoms with van der Waals surface area (Å²) in [5.74, 6) is 0. The molecule has 0 fully saturated rings. The molecule has 0 spiro atoms. The molecule has 0 amide bonds. The summed E-state index contributed by atoms with van der Waals surface area (Å²) in [6.45, 7) is 4.91. The molecule has 0 saturated carbocycles. The van der Waals surface area contributed by atoms with Crippen LogP contribution in [0.15, 0.2) is 4.99 Å². The third-order valence-corrected chi connectivity index (χ3v) is 1.24. The Morgan fingerprint density at radius 3 is 2.42 bits per heavy atom. The summed E-state index contributed by atoms with van der Waals surface area (Å²) in [6, 6.07) is 0. The van der Waals surface area contributed by atoms with Crippen molar-refractivity contribution in [3.8, 4) is 0 Å². The summed E-state index contributed by atoms with van der Waals surface area (Å²) < 4.78 is 0. The molecule has 2 nitrogen and oxygen atoms in total.